The van der Waals surface area contributed by atoms with Crippen LogP contribution in [0.2, 0.25) is 5.02 Å². The van der Waals surface area contributed by atoms with Crippen molar-refractivity contribution < 1.29 is 10.0 Å². The van der Waals surface area contributed by atoms with E-state index in [1.54, 1.807) is 6.92 Å². The van der Waals surface area contributed by atoms with Gasteiger partial charge < -0.3 is 10.4 Å². The Bertz CT molecular complexity index is 396. The molecule has 0 aromatic heterocycles. The van der Waals surface area contributed by atoms with Crippen LogP contribution in [0.25, 0.3) is 0 Å². The van der Waals surface area contributed by atoms with E-state index in [9.17, 15) is 10.1 Å². The van der Waals surface area contributed by atoms with E-state index < -0.39 is 4.92 Å². The van der Waals surface area contributed by atoms with Crippen molar-refractivity contribution in [2.24, 2.45) is 0 Å². The van der Waals surface area contributed by atoms with Crippen molar-refractivity contribution in [3.8, 4) is 0 Å². The van der Waals surface area contributed by atoms with Gasteiger partial charge in [-0.05, 0) is 18.9 Å². The van der Waals surface area contributed by atoms with E-state index in [0.29, 0.717) is 16.3 Å². The van der Waals surface area contributed by atoms with E-state index in [4.69, 9.17) is 16.7 Å². The first-order valence-electron chi connectivity index (χ1n) is 5.31. The van der Waals surface area contributed by atoms with Crippen molar-refractivity contribution in [2.45, 2.75) is 26.3 Å². The van der Waals surface area contributed by atoms with Crippen molar-refractivity contribution in [3.05, 3.63) is 32.8 Å². The van der Waals surface area contributed by atoms with Gasteiger partial charge in [-0.1, -0.05) is 18.5 Å². The molecule has 0 heterocycles. The Hall–Kier alpha value is -1.33. The number of nitro benzene ring substituents is 1. The van der Waals surface area contributed by atoms with E-state index in [-0.39, 0.29) is 18.3 Å². The van der Waals surface area contributed by atoms with Crippen LogP contribution in [0.15, 0.2) is 12.1 Å². The highest BCUT2D eigenvalue weighted by Crippen LogP contribution is 2.31. The van der Waals surface area contributed by atoms with E-state index in [1.165, 1.54) is 12.1 Å². The van der Waals surface area contributed by atoms with E-state index in [2.05, 4.69) is 5.32 Å². The maximum absolute atomic E-state index is 10.6. The second-order valence-corrected chi connectivity index (χ2v) is 4.22. The van der Waals surface area contributed by atoms with Crippen LogP contribution >= 0.6 is 11.6 Å². The van der Waals surface area contributed by atoms with Crippen LogP contribution in [0.1, 0.15) is 18.9 Å². The topological polar surface area (TPSA) is 75.4 Å². The monoisotopic (exact) mass is 258 g/mol. The number of nitrogens with one attached hydrogen (secondary N) is 1. The molecular formula is C11H15ClN2O3. The number of aryl methyl sites for hydroxylation is 1. The van der Waals surface area contributed by atoms with E-state index in [0.717, 1.165) is 6.42 Å². The summed E-state index contributed by atoms with van der Waals surface area (Å²) in [6, 6.07) is 2.66. The van der Waals surface area contributed by atoms with Crippen molar-refractivity contribution >= 4 is 23.0 Å². The van der Waals surface area contributed by atoms with Crippen LogP contribution in [-0.2, 0) is 0 Å². The van der Waals surface area contributed by atoms with Crippen molar-refractivity contribution in [1.29, 1.82) is 0 Å². The molecule has 0 spiro atoms. The fraction of sp³-hybridized carbons (Fsp3) is 0.455. The summed E-state index contributed by atoms with van der Waals surface area (Å²) < 4.78 is 0. The zero-order valence-electron chi connectivity index (χ0n) is 9.74. The van der Waals surface area contributed by atoms with Gasteiger partial charge in [0.2, 0.25) is 0 Å². The van der Waals surface area contributed by atoms with Crippen LogP contribution in [0, 0.1) is 17.0 Å². The number of rotatable bonds is 5. The summed E-state index contributed by atoms with van der Waals surface area (Å²) in [4.78, 5) is 10.2. The van der Waals surface area contributed by atoms with Crippen molar-refractivity contribution in [3.63, 3.8) is 0 Å². The Morgan fingerprint density at radius 1 is 1.59 bits per heavy atom. The van der Waals surface area contributed by atoms with E-state index >= 15 is 0 Å². The van der Waals surface area contributed by atoms with Gasteiger partial charge in [0.15, 0.2) is 0 Å². The average molecular weight is 259 g/mol. The number of non-ortho nitro benzene ring substituents is 1. The van der Waals surface area contributed by atoms with Crippen molar-refractivity contribution in [1.82, 2.24) is 0 Å². The van der Waals surface area contributed by atoms with Gasteiger partial charge in [0.05, 0.1) is 22.2 Å². The predicted octanol–water partition coefficient (Wildman–Crippen LogP) is 2.74. The summed E-state index contributed by atoms with van der Waals surface area (Å²) in [5.41, 5.74) is 1.30. The maximum Gasteiger partial charge on any atom is 0.271 e. The van der Waals surface area contributed by atoms with Crippen LogP contribution in [-0.4, -0.2) is 22.7 Å². The molecular weight excluding hydrogens is 244 g/mol. The molecule has 0 radical (unpaired) electrons. The number of anilines is 1. The van der Waals surface area contributed by atoms with Gasteiger partial charge in [0, 0.05) is 18.2 Å². The zero-order chi connectivity index (χ0) is 13.0. The molecule has 6 heteroatoms. The smallest absolute Gasteiger partial charge is 0.271 e. The molecule has 0 amide bonds. The lowest BCUT2D eigenvalue weighted by Gasteiger charge is -2.18. The molecule has 0 aliphatic carbocycles. The average Bonchev–Trinajstić information content (AvgIpc) is 2.28. The Labute approximate surface area is 105 Å². The SMILES string of the molecule is CC[C@H](CO)Nc1c(C)cc([N+](=O)[O-])cc1Cl. The standard InChI is InChI=1S/C11H15ClN2O3/c1-3-8(6-15)13-11-7(2)4-9(14(16)17)5-10(11)12/h4-5,8,13,15H,3,6H2,1-2H3/t8-/m1/s1. The molecule has 0 aliphatic rings. The lowest BCUT2D eigenvalue weighted by molar-refractivity contribution is -0.384. The maximum atomic E-state index is 10.6. The van der Waals surface area contributed by atoms with Gasteiger partial charge in [0.25, 0.3) is 5.69 Å². The second kappa shape index (κ2) is 5.84. The third kappa shape index (κ3) is 3.31. The van der Waals surface area contributed by atoms with Crippen LogP contribution < -0.4 is 5.32 Å². The first-order chi connectivity index (χ1) is 7.99. The molecule has 5 nitrogen and oxygen atoms in total. The number of nitrogens with zero attached hydrogens (tertiary/aromatic N) is 1. The summed E-state index contributed by atoms with van der Waals surface area (Å²) in [6.07, 6.45) is 0.739. The van der Waals surface area contributed by atoms with E-state index in [1.807, 2.05) is 6.92 Å². The van der Waals surface area contributed by atoms with Crippen LogP contribution in [0.4, 0.5) is 11.4 Å². The molecule has 1 atom stereocenters. The number of halogens is 1. The lowest BCUT2D eigenvalue weighted by Crippen LogP contribution is -2.23. The third-order valence-electron chi connectivity index (χ3n) is 2.54. The minimum Gasteiger partial charge on any atom is -0.394 e. The van der Waals surface area contributed by atoms with Crippen LogP contribution in [0.3, 0.4) is 0 Å². The first kappa shape index (κ1) is 13.7. The first-order valence-corrected chi connectivity index (χ1v) is 5.69. The highest BCUT2D eigenvalue weighted by atomic mass is 35.5. The minimum atomic E-state index is -0.480. The highest BCUT2D eigenvalue weighted by Gasteiger charge is 2.15. The Balaban J connectivity index is 3.05. The number of hydrogen-bond acceptors (Lipinski definition) is 4. The molecule has 2 N–H and O–H groups in total. The molecule has 1 rings (SSSR count). The lowest BCUT2D eigenvalue weighted by atomic mass is 10.1. The molecule has 0 unspecified atom stereocenters. The summed E-state index contributed by atoms with van der Waals surface area (Å²) in [7, 11) is 0. The third-order valence-corrected chi connectivity index (χ3v) is 2.84. The highest BCUT2D eigenvalue weighted by molar-refractivity contribution is 6.33. The predicted molar refractivity (Wildman–Crippen MR) is 67.6 cm³/mol. The Morgan fingerprint density at radius 3 is 2.65 bits per heavy atom. The summed E-state index contributed by atoms with van der Waals surface area (Å²) in [5, 5.41) is 23.1. The molecule has 0 aliphatic heterocycles. The second-order valence-electron chi connectivity index (χ2n) is 3.81. The quantitative estimate of drug-likeness (QED) is 0.629. The van der Waals surface area contributed by atoms with Gasteiger partial charge in [-0.15, -0.1) is 0 Å². The molecule has 1 aromatic rings. The molecule has 1 aromatic carbocycles. The summed E-state index contributed by atoms with van der Waals surface area (Å²) in [6.45, 7) is 3.66. The number of aliphatic hydroxyl groups excluding tert-OH is 1. The number of aliphatic hydroxyl groups is 1. The summed E-state index contributed by atoms with van der Waals surface area (Å²) in [5.74, 6) is 0. The molecule has 0 saturated carbocycles. The normalized spacial score (nSPS) is 12.2. The fourth-order valence-corrected chi connectivity index (χ4v) is 1.81. The van der Waals surface area contributed by atoms with Crippen molar-refractivity contribution in [2.75, 3.05) is 11.9 Å². The minimum absolute atomic E-state index is 0.0107. The zero-order valence-corrected chi connectivity index (χ0v) is 10.5. The van der Waals surface area contributed by atoms with Gasteiger partial charge in [-0.2, -0.15) is 0 Å². The molecule has 0 fully saturated rings. The largest absolute Gasteiger partial charge is 0.394 e. The van der Waals surface area contributed by atoms with Crippen LogP contribution in [0.5, 0.6) is 0 Å². The molecule has 0 saturated heterocycles. The number of benzene rings is 1. The van der Waals surface area contributed by atoms with Gasteiger partial charge in [0.1, 0.15) is 0 Å². The molecule has 94 valence electrons. The summed E-state index contributed by atoms with van der Waals surface area (Å²) >= 11 is 5.99. The molecule has 0 bridgehead atoms. The molecule has 17 heavy (non-hydrogen) atoms. The number of nitro groups is 1. The Kier molecular flexibility index (Phi) is 4.72. The van der Waals surface area contributed by atoms with Gasteiger partial charge in [-0.25, -0.2) is 0 Å². The number of hydrogen-bond donors (Lipinski definition) is 2. The fourth-order valence-electron chi connectivity index (χ4n) is 1.50. The van der Waals surface area contributed by atoms with Gasteiger partial charge in [-0.3, -0.25) is 10.1 Å². The Morgan fingerprint density at radius 2 is 2.24 bits per heavy atom. The van der Waals surface area contributed by atoms with Gasteiger partial charge >= 0.3 is 0 Å².